The predicted octanol–water partition coefficient (Wildman–Crippen LogP) is 3.89. The Balaban J connectivity index is 2.67. The number of hydrogen-bond donors (Lipinski definition) is 2. The lowest BCUT2D eigenvalue weighted by Gasteiger charge is -2.28. The maximum atomic E-state index is 13.3. The Morgan fingerprint density at radius 3 is 1.04 bits per heavy atom. The Kier molecular flexibility index (Phi) is 5.08. The summed E-state index contributed by atoms with van der Waals surface area (Å²) in [7, 11) is 0. The standard InChI is InChI=1S/C18H12F6O2/c19-17(20,21)15(25,13-7-3-1-4-8-13)11-12-16(26,18(22,23)24)14-9-5-2-6-10-14/h1-10,25-26H. The van der Waals surface area contributed by atoms with Crippen LogP contribution in [-0.4, -0.2) is 22.6 Å². The van der Waals surface area contributed by atoms with Crippen molar-refractivity contribution in [3.63, 3.8) is 0 Å². The fourth-order valence-electron chi connectivity index (χ4n) is 2.15. The van der Waals surface area contributed by atoms with Crippen molar-refractivity contribution in [2.45, 2.75) is 23.6 Å². The second kappa shape index (κ2) is 6.67. The molecule has 2 N–H and O–H groups in total. The van der Waals surface area contributed by atoms with Gasteiger partial charge in [0.05, 0.1) is 0 Å². The Hall–Kier alpha value is -2.50. The molecule has 0 heterocycles. The van der Waals surface area contributed by atoms with Crippen molar-refractivity contribution in [2.75, 3.05) is 0 Å². The van der Waals surface area contributed by atoms with Crippen molar-refractivity contribution in [3.8, 4) is 11.8 Å². The quantitative estimate of drug-likeness (QED) is 0.619. The minimum atomic E-state index is -5.40. The molecule has 2 unspecified atom stereocenters. The van der Waals surface area contributed by atoms with E-state index >= 15 is 0 Å². The van der Waals surface area contributed by atoms with Gasteiger partial charge in [-0.05, 0) is 11.8 Å². The van der Waals surface area contributed by atoms with Gasteiger partial charge >= 0.3 is 12.4 Å². The predicted molar refractivity (Wildman–Crippen MR) is 80.6 cm³/mol. The smallest absolute Gasteiger partial charge is 0.366 e. The van der Waals surface area contributed by atoms with Crippen molar-refractivity contribution < 1.29 is 36.6 Å². The van der Waals surface area contributed by atoms with Crippen LogP contribution >= 0.6 is 0 Å². The van der Waals surface area contributed by atoms with Crippen LogP contribution in [0.15, 0.2) is 60.7 Å². The number of halogens is 6. The summed E-state index contributed by atoms with van der Waals surface area (Å²) in [5, 5.41) is 20.0. The summed E-state index contributed by atoms with van der Waals surface area (Å²) in [5.74, 6) is 2.42. The van der Waals surface area contributed by atoms with Crippen molar-refractivity contribution in [3.05, 3.63) is 71.8 Å². The Morgan fingerprint density at radius 1 is 0.538 bits per heavy atom. The van der Waals surface area contributed by atoms with Gasteiger partial charge in [0.1, 0.15) is 0 Å². The van der Waals surface area contributed by atoms with Crippen LogP contribution in [0.4, 0.5) is 26.3 Å². The third-order valence-corrected chi connectivity index (χ3v) is 3.63. The molecule has 0 aliphatic heterocycles. The zero-order valence-electron chi connectivity index (χ0n) is 12.9. The van der Waals surface area contributed by atoms with Crippen molar-refractivity contribution in [1.82, 2.24) is 0 Å². The van der Waals surface area contributed by atoms with E-state index in [0.717, 1.165) is 24.3 Å². The van der Waals surface area contributed by atoms with Gasteiger partial charge in [0.2, 0.25) is 11.2 Å². The van der Waals surface area contributed by atoms with E-state index < -0.39 is 34.7 Å². The highest BCUT2D eigenvalue weighted by molar-refractivity contribution is 5.40. The molecule has 2 rings (SSSR count). The van der Waals surface area contributed by atoms with Crippen molar-refractivity contribution in [1.29, 1.82) is 0 Å². The molecule has 0 spiro atoms. The zero-order valence-corrected chi connectivity index (χ0v) is 12.9. The molecule has 0 amide bonds. The van der Waals surface area contributed by atoms with E-state index in [4.69, 9.17) is 0 Å². The molecular formula is C18H12F6O2. The van der Waals surface area contributed by atoms with E-state index in [0.29, 0.717) is 0 Å². The van der Waals surface area contributed by atoms with E-state index in [9.17, 15) is 36.6 Å². The number of benzene rings is 2. The maximum absolute atomic E-state index is 13.3. The number of hydrogen-bond acceptors (Lipinski definition) is 2. The third kappa shape index (κ3) is 3.54. The normalized spacial score (nSPS) is 16.8. The van der Waals surface area contributed by atoms with Crippen LogP contribution in [0.1, 0.15) is 11.1 Å². The Labute approximate surface area is 144 Å². The zero-order chi connectivity index (χ0) is 19.6. The van der Waals surface area contributed by atoms with Crippen LogP contribution < -0.4 is 0 Å². The van der Waals surface area contributed by atoms with Crippen LogP contribution in [0.25, 0.3) is 0 Å². The molecule has 0 aliphatic rings. The van der Waals surface area contributed by atoms with Gasteiger partial charge in [0, 0.05) is 11.1 Å². The fourth-order valence-corrected chi connectivity index (χ4v) is 2.15. The molecule has 2 nitrogen and oxygen atoms in total. The van der Waals surface area contributed by atoms with E-state index in [1.807, 2.05) is 0 Å². The van der Waals surface area contributed by atoms with Crippen LogP contribution in [0, 0.1) is 11.8 Å². The molecule has 0 saturated heterocycles. The molecule has 2 aromatic carbocycles. The largest absolute Gasteiger partial charge is 0.433 e. The number of alkyl halides is 6. The highest BCUT2D eigenvalue weighted by Gasteiger charge is 2.57. The highest BCUT2D eigenvalue weighted by atomic mass is 19.4. The van der Waals surface area contributed by atoms with E-state index in [2.05, 4.69) is 0 Å². The van der Waals surface area contributed by atoms with Crippen LogP contribution in [0.3, 0.4) is 0 Å². The van der Waals surface area contributed by atoms with E-state index in [1.165, 1.54) is 48.2 Å². The van der Waals surface area contributed by atoms with Gasteiger partial charge < -0.3 is 10.2 Å². The molecule has 0 radical (unpaired) electrons. The van der Waals surface area contributed by atoms with Crippen LogP contribution in [-0.2, 0) is 11.2 Å². The van der Waals surface area contributed by atoms with Gasteiger partial charge in [-0.3, -0.25) is 0 Å². The summed E-state index contributed by atoms with van der Waals surface area (Å²) in [4.78, 5) is 0. The minimum absolute atomic E-state index is 0.766. The minimum Gasteiger partial charge on any atom is -0.366 e. The van der Waals surface area contributed by atoms with E-state index in [-0.39, 0.29) is 0 Å². The van der Waals surface area contributed by atoms with Crippen molar-refractivity contribution >= 4 is 0 Å². The summed E-state index contributed by atoms with van der Waals surface area (Å²) < 4.78 is 80.1. The molecule has 2 aromatic rings. The molecule has 0 aliphatic carbocycles. The molecule has 26 heavy (non-hydrogen) atoms. The summed E-state index contributed by atoms with van der Waals surface area (Å²) in [5.41, 5.74) is -9.31. The molecule has 0 aromatic heterocycles. The number of rotatable bonds is 2. The lowest BCUT2D eigenvalue weighted by atomic mass is 9.89. The molecule has 0 fully saturated rings. The molecule has 138 valence electrons. The SMILES string of the molecule is OC(C#CC(O)(c1ccccc1)C(F)(F)F)(c1ccccc1)C(F)(F)F. The van der Waals surface area contributed by atoms with Crippen LogP contribution in [0.2, 0.25) is 0 Å². The van der Waals surface area contributed by atoms with Gasteiger partial charge in [-0.1, -0.05) is 60.7 Å². The van der Waals surface area contributed by atoms with Gasteiger partial charge in [-0.25, -0.2) is 0 Å². The Morgan fingerprint density at radius 2 is 0.808 bits per heavy atom. The van der Waals surface area contributed by atoms with Crippen LogP contribution in [0.5, 0.6) is 0 Å². The summed E-state index contributed by atoms with van der Waals surface area (Å²) in [6.45, 7) is 0. The lowest BCUT2D eigenvalue weighted by Crippen LogP contribution is -2.44. The first-order valence-electron chi connectivity index (χ1n) is 7.15. The first kappa shape index (κ1) is 19.8. The third-order valence-electron chi connectivity index (χ3n) is 3.63. The van der Waals surface area contributed by atoms with Gasteiger partial charge in [0.25, 0.3) is 0 Å². The topological polar surface area (TPSA) is 40.5 Å². The van der Waals surface area contributed by atoms with Gasteiger partial charge in [0.15, 0.2) is 0 Å². The fraction of sp³-hybridized carbons (Fsp3) is 0.222. The average molecular weight is 374 g/mol. The second-order valence-corrected chi connectivity index (χ2v) is 5.40. The van der Waals surface area contributed by atoms with Crippen molar-refractivity contribution in [2.24, 2.45) is 0 Å². The molecule has 0 bridgehead atoms. The highest BCUT2D eigenvalue weighted by Crippen LogP contribution is 2.41. The van der Waals surface area contributed by atoms with Gasteiger partial charge in [-0.2, -0.15) is 26.3 Å². The lowest BCUT2D eigenvalue weighted by molar-refractivity contribution is -0.246. The molecule has 0 saturated carbocycles. The second-order valence-electron chi connectivity index (χ2n) is 5.40. The Bertz CT molecular complexity index is 737. The monoisotopic (exact) mass is 374 g/mol. The summed E-state index contributed by atoms with van der Waals surface area (Å²) >= 11 is 0. The maximum Gasteiger partial charge on any atom is 0.433 e. The molecular weight excluding hydrogens is 362 g/mol. The average Bonchev–Trinajstić information content (AvgIpc) is 2.59. The first-order valence-corrected chi connectivity index (χ1v) is 7.15. The van der Waals surface area contributed by atoms with Gasteiger partial charge in [-0.15, -0.1) is 0 Å². The summed E-state index contributed by atoms with van der Waals surface area (Å²) in [6.07, 6.45) is -10.8. The molecule has 2 atom stereocenters. The first-order chi connectivity index (χ1) is 11.9. The number of aliphatic hydroxyl groups is 2. The molecule has 8 heteroatoms. The van der Waals surface area contributed by atoms with E-state index in [1.54, 1.807) is 0 Å². The summed E-state index contributed by atoms with van der Waals surface area (Å²) in [6, 6.07) is 10.9.